The highest BCUT2D eigenvalue weighted by Gasteiger charge is 2.63. The minimum atomic E-state index is -3.28. The number of allylic oxidation sites excluding steroid dienone is 3. The molecule has 3 unspecified atom stereocenters. The maximum absolute atomic E-state index is 12.0. The van der Waals surface area contributed by atoms with Crippen LogP contribution < -0.4 is 27.8 Å². The van der Waals surface area contributed by atoms with Gasteiger partial charge in [-0.1, -0.05) is 237 Å². The lowest BCUT2D eigenvalue weighted by molar-refractivity contribution is -0.136. The van der Waals surface area contributed by atoms with Crippen LogP contribution in [0.25, 0.3) is 0 Å². The number of rotatable bonds is 46. The molecule has 0 aromatic heterocycles. The van der Waals surface area contributed by atoms with Gasteiger partial charge in [0.05, 0.1) is 64.2 Å². The zero-order valence-electron chi connectivity index (χ0n) is 95.4. The molecule has 0 radical (unpaired) electrons. The van der Waals surface area contributed by atoms with Crippen LogP contribution in [-0.4, -0.2) is 194 Å². The van der Waals surface area contributed by atoms with E-state index < -0.39 is 21.3 Å². The minimum absolute atomic E-state index is 0.0367. The number of carbonyl (C=O) groups excluding carboxylic acids is 4. The van der Waals surface area contributed by atoms with Gasteiger partial charge in [0.2, 0.25) is 23.0 Å². The van der Waals surface area contributed by atoms with Crippen LogP contribution in [-0.2, 0) is 57.2 Å². The number of aliphatic carboxylic acids is 1. The highest BCUT2D eigenvalue weighted by molar-refractivity contribution is 7.86. The number of nitrogens with zero attached hydrogens (tertiary/aromatic N) is 2. The Hall–Kier alpha value is -3.39. The Labute approximate surface area is 874 Å². The van der Waals surface area contributed by atoms with Crippen molar-refractivity contribution in [3.63, 3.8) is 0 Å². The molecular formula is C119H220ClN7O14S. The Bertz CT molecular complexity index is 3800. The number of nitrogens with one attached hydrogen (secondary N) is 2. The van der Waals surface area contributed by atoms with E-state index in [1.165, 1.54) is 232 Å². The molecule has 10 N–H and O–H groups in total. The van der Waals surface area contributed by atoms with Gasteiger partial charge in [0.25, 0.3) is 10.1 Å². The fourth-order valence-electron chi connectivity index (χ4n) is 29.9. The summed E-state index contributed by atoms with van der Waals surface area (Å²) in [6, 6.07) is 0. The molecule has 828 valence electrons. The van der Waals surface area contributed by atoms with Crippen molar-refractivity contribution in [2.45, 2.75) is 434 Å². The number of fused-ring (bicyclic) bond motifs is 15. The lowest BCUT2D eigenvalue weighted by Crippen LogP contribution is -2.51. The van der Waals surface area contributed by atoms with Crippen molar-refractivity contribution < 1.29 is 65.7 Å². The smallest absolute Gasteiger partial charge is 0.303 e. The molecule has 0 aromatic rings. The molecule has 0 saturated heterocycles. The van der Waals surface area contributed by atoms with Crippen molar-refractivity contribution in [1.82, 2.24) is 20.4 Å². The Kier molecular flexibility index (Phi) is 59.2. The summed E-state index contributed by atoms with van der Waals surface area (Å²) < 4.78 is 48.4. The van der Waals surface area contributed by atoms with Crippen LogP contribution in [0, 0.1) is 139 Å². The van der Waals surface area contributed by atoms with Gasteiger partial charge < -0.3 is 66.8 Å². The highest BCUT2D eigenvalue weighted by Crippen LogP contribution is 2.71. The van der Waals surface area contributed by atoms with Crippen LogP contribution in [0.1, 0.15) is 416 Å². The number of carboxylic acids is 1. The molecule has 21 nitrogen and oxygen atoms in total. The van der Waals surface area contributed by atoms with Crippen LogP contribution in [0.5, 0.6) is 0 Å². The van der Waals surface area contributed by atoms with Crippen molar-refractivity contribution in [2.75, 3.05) is 118 Å². The number of carboxylic acid groups (broad SMARTS) is 1. The second kappa shape index (κ2) is 65.1. The number of amides is 3. The quantitative estimate of drug-likeness (QED) is 0.0129. The SMILES string of the molecule is CC(=O)NCCN(CCOC1CC[C@@]2(C)C(=CC[C@H]3[C@@H]4CC[C@H]([C@H](C)CCCC(C)C)[C@@]4(C)CC[C@@H]32)C1)C(C)=O.CCC(=O)O.CCCCN.CCCCNCCOC1CC[C@@]2(C)C(=CC[C@H]3[C@@H]4CC[C@H]([C@H](C)CCCC(C)C)[C@@]4(C)CC[C@@H]32)C1.CCCN(CCOC1CC[C@@]2(C)C(=CC[C@H]3[C@@H]4CC[C@H]([C@H](C)CCCC(C)C)[C@@]4(C)CC[C@@H]32)C1)C(C)=O.COCCOS(C)(=O)=O.NCCCN.O=C(Cl)CCO. The van der Waals surface area contributed by atoms with Crippen molar-refractivity contribution in [1.29, 1.82) is 0 Å². The van der Waals surface area contributed by atoms with E-state index in [2.05, 4.69) is 162 Å². The van der Waals surface area contributed by atoms with E-state index in [4.69, 9.17) is 53.2 Å². The third-order valence-corrected chi connectivity index (χ3v) is 38.6. The van der Waals surface area contributed by atoms with Crippen LogP contribution in [0.2, 0.25) is 0 Å². The number of unbranched alkanes of at least 4 members (excludes halogenated alkanes) is 2. The van der Waals surface area contributed by atoms with Crippen LogP contribution in [0.4, 0.5) is 0 Å². The summed E-state index contributed by atoms with van der Waals surface area (Å²) in [5, 5.41) is 21.5. The number of hydrogen-bond acceptors (Lipinski definition) is 17. The zero-order valence-corrected chi connectivity index (χ0v) is 96.9. The molecule has 0 aromatic carbocycles. The number of carbonyl (C=O) groups is 5. The van der Waals surface area contributed by atoms with Crippen LogP contribution >= 0.6 is 11.6 Å². The maximum atomic E-state index is 12.0. The van der Waals surface area contributed by atoms with Gasteiger partial charge >= 0.3 is 5.97 Å². The van der Waals surface area contributed by atoms with E-state index in [0.29, 0.717) is 84.2 Å². The van der Waals surface area contributed by atoms with Gasteiger partial charge in [-0.2, -0.15) is 8.42 Å². The van der Waals surface area contributed by atoms with E-state index in [1.807, 2.05) is 4.90 Å². The summed E-state index contributed by atoms with van der Waals surface area (Å²) in [6.07, 6.45) is 62.4. The van der Waals surface area contributed by atoms with Gasteiger partial charge in [0.1, 0.15) is 0 Å². The standard InChI is InChI=1S/C35H60N2O3.C34H59NO2.C33H59NO.C4H11N.C4H10O4S.C3H5ClO2.C3H10N2.C3H6O2/c1-24(2)9-8-10-25(3)31-13-14-32-30-12-11-28-23-29(15-17-34(28,6)33(30)16-18-35(31,32)7)40-22-21-37(27(5)39)20-19-36-26(4)38;1-8-20-35(26(5)36)21-22-37-28-16-18-33(6)27(23-28)12-13-29-31-15-14-30(25(4)11-9-10-24(2)3)34(31,7)19-17-32(29)33;1-7-8-20-34-21-22-35-27-16-18-32(5)26(23-27)12-13-28-30-15-14-29(25(4)11-9-10-24(2)3)33(30,6)19-17-31(28)32;1-2-3-4-5;1-7-3-4-8-9(2,5)6;4-3(6)1-2-5;4-2-1-3-5;1-2-3(4)5/h11,24-25,29-33H,8-10,12-23H2,1-7H3,(H,36,38);12,24-25,28-32H,8-11,13-23H2,1-7H3;12,24-25,27-31,34H,7-11,13-23H2,1-6H3;2-5H2,1H3;3-4H2,1-2H3;5H,1-2H2;1-5H2;2H2,1H3,(H,4,5)/t25-,29?,30+,31-,32+,33+,34+,35-;25-,28?,29+,30-,31+,32+,33+,34-;25-,27?,28+,29-,30+,31+,32+,33-;;;;;/m111...../s1. The molecule has 0 bridgehead atoms. The second-order valence-corrected chi connectivity index (χ2v) is 50.9. The summed E-state index contributed by atoms with van der Waals surface area (Å²) in [4.78, 5) is 57.8. The summed E-state index contributed by atoms with van der Waals surface area (Å²) >= 11 is 4.78. The molecule has 142 heavy (non-hydrogen) atoms. The van der Waals surface area contributed by atoms with Crippen LogP contribution in [0.15, 0.2) is 34.9 Å². The number of ether oxygens (including phenoxy) is 4. The molecule has 0 spiro atoms. The molecule has 0 aliphatic heterocycles. The topological polar surface area (TPSA) is 315 Å². The fourth-order valence-corrected chi connectivity index (χ4v) is 30.4. The second-order valence-electron chi connectivity index (χ2n) is 48.8. The zero-order chi connectivity index (χ0) is 106. The number of methoxy groups -OCH3 is 1. The normalized spacial score (nSPS) is 31.7. The molecular weight excluding hydrogens is 1820 g/mol. The number of aliphatic hydroxyl groups is 1. The predicted molar refractivity (Wildman–Crippen MR) is 589 cm³/mol. The first-order valence-electron chi connectivity index (χ1n) is 58.1. The largest absolute Gasteiger partial charge is 0.481 e. The Morgan fingerprint density at radius 2 is 0.810 bits per heavy atom. The number of nitrogens with two attached hydrogens (primary N) is 3. The molecule has 12 aliphatic rings. The van der Waals surface area contributed by atoms with Crippen molar-refractivity contribution in [3.05, 3.63) is 34.9 Å². The molecule has 23 heteroatoms. The Morgan fingerprint density at radius 3 is 1.08 bits per heavy atom. The number of aliphatic hydroxyl groups excluding tert-OH is 1. The lowest BCUT2D eigenvalue weighted by Gasteiger charge is -2.58. The Balaban J connectivity index is 0.000000327. The molecule has 9 fully saturated rings. The maximum Gasteiger partial charge on any atom is 0.303 e. The molecule has 0 heterocycles. The molecule has 24 atom stereocenters. The van der Waals surface area contributed by atoms with Gasteiger partial charge in [-0.05, 0) is 357 Å². The first-order valence-corrected chi connectivity index (χ1v) is 60.3. The summed E-state index contributed by atoms with van der Waals surface area (Å²) in [5.74, 6) is 15.6. The van der Waals surface area contributed by atoms with E-state index in [0.717, 1.165) is 197 Å². The minimum Gasteiger partial charge on any atom is -0.481 e. The number of hydrogen-bond donors (Lipinski definition) is 7. The van der Waals surface area contributed by atoms with Gasteiger partial charge in [0.15, 0.2) is 0 Å². The van der Waals surface area contributed by atoms with E-state index in [1.54, 1.807) is 42.4 Å². The van der Waals surface area contributed by atoms with Gasteiger partial charge in [-0.15, -0.1) is 0 Å². The monoisotopic (exact) mass is 2040 g/mol. The molecule has 12 aliphatic carbocycles. The van der Waals surface area contributed by atoms with E-state index >= 15 is 0 Å². The van der Waals surface area contributed by atoms with Crippen molar-refractivity contribution in [2.24, 2.45) is 156 Å². The van der Waals surface area contributed by atoms with E-state index in [9.17, 15) is 32.4 Å². The number of halogens is 1. The summed E-state index contributed by atoms with van der Waals surface area (Å²) in [7, 11) is -1.80. The first kappa shape index (κ1) is 129. The van der Waals surface area contributed by atoms with Crippen molar-refractivity contribution >= 4 is 50.7 Å². The van der Waals surface area contributed by atoms with Gasteiger partial charge in [-0.3, -0.25) is 28.2 Å². The third kappa shape index (κ3) is 39.4. The average Bonchev–Trinajstić information content (AvgIpc) is 1.42. The Morgan fingerprint density at radius 1 is 0.451 bits per heavy atom. The molecule has 3 amide bonds. The lowest BCUT2D eigenvalue weighted by atomic mass is 9.47. The summed E-state index contributed by atoms with van der Waals surface area (Å²) in [6.45, 7) is 60.9. The van der Waals surface area contributed by atoms with Crippen LogP contribution in [0.3, 0.4) is 0 Å². The average molecular weight is 2040 g/mol. The fraction of sp³-hybridized carbons (Fsp3) is 0.908. The third-order valence-electron chi connectivity index (χ3n) is 37.9. The summed E-state index contributed by atoms with van der Waals surface area (Å²) in [5.41, 5.74) is 23.3. The molecule has 12 rings (SSSR count). The first-order chi connectivity index (χ1) is 67.3. The van der Waals surface area contributed by atoms with Gasteiger partial charge in [-0.25, -0.2) is 0 Å². The van der Waals surface area contributed by atoms with E-state index in [-0.39, 0.29) is 49.9 Å². The molecule has 9 saturated carbocycles. The highest BCUT2D eigenvalue weighted by atomic mass is 35.5. The predicted octanol–water partition coefficient (Wildman–Crippen LogP) is 25.1. The van der Waals surface area contributed by atoms with Gasteiger partial charge in [0, 0.05) is 80.0 Å². The van der Waals surface area contributed by atoms with Crippen molar-refractivity contribution in [3.8, 4) is 0 Å².